The molecular weight excluding hydrogens is 338 g/mol. The molecule has 1 spiro atoms. The van der Waals surface area contributed by atoms with Crippen molar-refractivity contribution >= 4 is 11.6 Å². The Balaban J connectivity index is 1.22. The lowest BCUT2D eigenvalue weighted by Crippen LogP contribution is -2.64. The minimum Gasteiger partial charge on any atom is -0.381 e. The third-order valence-corrected chi connectivity index (χ3v) is 6.17. The van der Waals surface area contributed by atoms with E-state index < -0.39 is 0 Å². The van der Waals surface area contributed by atoms with E-state index in [1.165, 1.54) is 5.56 Å². The molecule has 25 heavy (non-hydrogen) atoms. The topological polar surface area (TPSA) is 30.9 Å². The number of benzene rings is 1. The third kappa shape index (κ3) is 4.20. The Hall–Kier alpha value is -0.650. The van der Waals surface area contributed by atoms with Gasteiger partial charge < -0.3 is 14.2 Å². The van der Waals surface area contributed by atoms with Crippen molar-refractivity contribution in [3.05, 3.63) is 34.9 Å². The molecule has 0 unspecified atom stereocenters. The summed E-state index contributed by atoms with van der Waals surface area (Å²) in [6.45, 7) is 7.38. The molecule has 1 aromatic rings. The fourth-order valence-corrected chi connectivity index (χ4v) is 4.46. The summed E-state index contributed by atoms with van der Waals surface area (Å²) in [5.74, 6) is 1.21. The Morgan fingerprint density at radius 1 is 1.04 bits per heavy atom. The summed E-state index contributed by atoms with van der Waals surface area (Å²) in [7, 11) is 0. The molecule has 4 nitrogen and oxygen atoms in total. The zero-order chi connectivity index (χ0) is 17.1. The SMILES string of the molecule is Clc1ccc(CN2CC3(C2)OCC[C@H]3COCC2CCOCC2)cc1. The second kappa shape index (κ2) is 7.93. The molecule has 0 aromatic heterocycles. The lowest BCUT2D eigenvalue weighted by molar-refractivity contribution is -0.147. The zero-order valence-electron chi connectivity index (χ0n) is 14.8. The second-order valence-corrected chi connectivity index (χ2v) is 8.20. The van der Waals surface area contributed by atoms with E-state index in [2.05, 4.69) is 17.0 Å². The zero-order valence-corrected chi connectivity index (χ0v) is 15.5. The monoisotopic (exact) mass is 365 g/mol. The number of ether oxygens (including phenoxy) is 3. The van der Waals surface area contributed by atoms with Gasteiger partial charge in [-0.05, 0) is 42.9 Å². The molecule has 3 heterocycles. The molecular formula is C20H28ClNO3. The molecule has 3 aliphatic heterocycles. The molecule has 1 aromatic carbocycles. The minimum absolute atomic E-state index is 0.0299. The maximum absolute atomic E-state index is 6.16. The minimum atomic E-state index is 0.0299. The van der Waals surface area contributed by atoms with Crippen molar-refractivity contribution < 1.29 is 14.2 Å². The number of rotatable bonds is 6. The van der Waals surface area contributed by atoms with Crippen molar-refractivity contribution in [2.24, 2.45) is 11.8 Å². The van der Waals surface area contributed by atoms with Crippen LogP contribution in [-0.4, -0.2) is 56.6 Å². The molecule has 0 amide bonds. The molecule has 5 heteroatoms. The lowest BCUT2D eigenvalue weighted by Gasteiger charge is -2.50. The predicted molar refractivity (Wildman–Crippen MR) is 97.9 cm³/mol. The van der Waals surface area contributed by atoms with Gasteiger partial charge in [0.1, 0.15) is 0 Å². The van der Waals surface area contributed by atoms with Crippen LogP contribution >= 0.6 is 11.6 Å². The largest absolute Gasteiger partial charge is 0.381 e. The van der Waals surface area contributed by atoms with E-state index in [1.54, 1.807) is 0 Å². The van der Waals surface area contributed by atoms with E-state index in [1.807, 2.05) is 12.1 Å². The summed E-state index contributed by atoms with van der Waals surface area (Å²) in [6.07, 6.45) is 3.41. The van der Waals surface area contributed by atoms with Crippen LogP contribution < -0.4 is 0 Å². The molecule has 3 aliphatic rings. The maximum atomic E-state index is 6.16. The van der Waals surface area contributed by atoms with Crippen molar-refractivity contribution in [2.45, 2.75) is 31.4 Å². The summed E-state index contributed by atoms with van der Waals surface area (Å²) < 4.78 is 17.7. The van der Waals surface area contributed by atoms with Crippen molar-refractivity contribution in [3.63, 3.8) is 0 Å². The normalized spacial score (nSPS) is 26.8. The van der Waals surface area contributed by atoms with Crippen LogP contribution in [0, 0.1) is 11.8 Å². The summed E-state index contributed by atoms with van der Waals surface area (Å²) >= 11 is 5.96. The van der Waals surface area contributed by atoms with E-state index in [9.17, 15) is 0 Å². The maximum Gasteiger partial charge on any atom is 0.0985 e. The first-order valence-electron chi connectivity index (χ1n) is 9.50. The van der Waals surface area contributed by atoms with Gasteiger partial charge in [0.2, 0.25) is 0 Å². The van der Waals surface area contributed by atoms with Crippen LogP contribution in [-0.2, 0) is 20.8 Å². The van der Waals surface area contributed by atoms with Crippen molar-refractivity contribution in [1.82, 2.24) is 4.90 Å². The van der Waals surface area contributed by atoms with Crippen LogP contribution in [0.15, 0.2) is 24.3 Å². The summed E-state index contributed by atoms with van der Waals surface area (Å²) in [5, 5.41) is 0.796. The average Bonchev–Trinajstić information content (AvgIpc) is 3.01. The van der Waals surface area contributed by atoms with Gasteiger partial charge in [-0.2, -0.15) is 0 Å². The van der Waals surface area contributed by atoms with Crippen LogP contribution in [0.5, 0.6) is 0 Å². The van der Waals surface area contributed by atoms with Crippen LogP contribution in [0.4, 0.5) is 0 Å². The highest BCUT2D eigenvalue weighted by atomic mass is 35.5. The number of hydrogen-bond acceptors (Lipinski definition) is 4. The average molecular weight is 366 g/mol. The highest BCUT2D eigenvalue weighted by molar-refractivity contribution is 6.30. The number of likely N-dealkylation sites (tertiary alicyclic amines) is 1. The van der Waals surface area contributed by atoms with Gasteiger partial charge in [-0.1, -0.05) is 23.7 Å². The van der Waals surface area contributed by atoms with Gasteiger partial charge in [0.05, 0.1) is 12.2 Å². The Bertz CT molecular complexity index is 553. The van der Waals surface area contributed by atoms with Gasteiger partial charge in [0, 0.05) is 57.0 Å². The molecule has 0 radical (unpaired) electrons. The fourth-order valence-electron chi connectivity index (χ4n) is 4.33. The Kier molecular flexibility index (Phi) is 5.63. The Morgan fingerprint density at radius 3 is 2.56 bits per heavy atom. The first-order valence-corrected chi connectivity index (χ1v) is 9.88. The highest BCUT2D eigenvalue weighted by Crippen LogP contribution is 2.40. The molecule has 4 rings (SSSR count). The highest BCUT2D eigenvalue weighted by Gasteiger charge is 2.52. The molecule has 3 fully saturated rings. The lowest BCUT2D eigenvalue weighted by atomic mass is 9.81. The van der Waals surface area contributed by atoms with Crippen LogP contribution in [0.2, 0.25) is 5.02 Å². The fraction of sp³-hybridized carbons (Fsp3) is 0.700. The van der Waals surface area contributed by atoms with Crippen molar-refractivity contribution in [3.8, 4) is 0 Å². The second-order valence-electron chi connectivity index (χ2n) is 7.76. The first-order chi connectivity index (χ1) is 12.2. The smallest absolute Gasteiger partial charge is 0.0985 e. The molecule has 0 saturated carbocycles. The van der Waals surface area contributed by atoms with E-state index in [0.29, 0.717) is 11.8 Å². The summed E-state index contributed by atoms with van der Waals surface area (Å²) in [6, 6.07) is 8.14. The van der Waals surface area contributed by atoms with E-state index in [-0.39, 0.29) is 5.60 Å². The molecule has 138 valence electrons. The van der Waals surface area contributed by atoms with E-state index in [4.69, 9.17) is 25.8 Å². The van der Waals surface area contributed by atoms with Crippen molar-refractivity contribution in [1.29, 1.82) is 0 Å². The molecule has 0 aliphatic carbocycles. The van der Waals surface area contributed by atoms with Crippen molar-refractivity contribution in [2.75, 3.05) is 46.1 Å². The van der Waals surface area contributed by atoms with Gasteiger partial charge in [0.25, 0.3) is 0 Å². The summed E-state index contributed by atoms with van der Waals surface area (Å²) in [5.41, 5.74) is 1.34. The number of hydrogen-bond donors (Lipinski definition) is 0. The number of halogens is 1. The standard InChI is InChI=1S/C20H28ClNO3/c21-19-3-1-16(2-4-19)11-22-14-20(15-22)18(7-10-25-20)13-24-12-17-5-8-23-9-6-17/h1-4,17-18H,5-15H2/t18-/m0/s1. The van der Waals surface area contributed by atoms with Gasteiger partial charge in [-0.15, -0.1) is 0 Å². The Labute approximate surface area is 155 Å². The van der Waals surface area contributed by atoms with Crippen LogP contribution in [0.25, 0.3) is 0 Å². The van der Waals surface area contributed by atoms with Crippen LogP contribution in [0.1, 0.15) is 24.8 Å². The molecule has 1 atom stereocenters. The van der Waals surface area contributed by atoms with E-state index in [0.717, 1.165) is 77.0 Å². The molecule has 0 N–H and O–H groups in total. The summed E-state index contributed by atoms with van der Waals surface area (Å²) in [4.78, 5) is 2.46. The van der Waals surface area contributed by atoms with Gasteiger partial charge >= 0.3 is 0 Å². The van der Waals surface area contributed by atoms with Gasteiger partial charge in [-0.3, -0.25) is 4.90 Å². The number of nitrogens with zero attached hydrogens (tertiary/aromatic N) is 1. The predicted octanol–water partition coefficient (Wildman–Crippen LogP) is 3.37. The van der Waals surface area contributed by atoms with Gasteiger partial charge in [-0.25, -0.2) is 0 Å². The first kappa shape index (κ1) is 17.7. The van der Waals surface area contributed by atoms with Gasteiger partial charge in [0.15, 0.2) is 0 Å². The molecule has 0 bridgehead atoms. The van der Waals surface area contributed by atoms with E-state index >= 15 is 0 Å². The Morgan fingerprint density at radius 2 is 1.80 bits per heavy atom. The molecule has 3 saturated heterocycles. The quantitative estimate of drug-likeness (QED) is 0.773. The van der Waals surface area contributed by atoms with Crippen LogP contribution in [0.3, 0.4) is 0 Å². The third-order valence-electron chi connectivity index (χ3n) is 5.92.